The Morgan fingerprint density at radius 1 is 0.969 bits per heavy atom. The Bertz CT molecular complexity index is 1150. The lowest BCUT2D eigenvalue weighted by Crippen LogP contribution is -2.41. The standard InChI is InChI=1S/C25H23ClFNO4/c1-30-20-10-5-4-7-16(20)25(29)28-12-11-15-13-21(31-2)22(32-3)14-17(15)24(28)23-18(26)8-6-9-19(23)27/h4-10,13-14,24H,11-12H2,1-3H3. The molecular formula is C25H23ClFNO4. The number of benzene rings is 3. The number of carbonyl (C=O) groups is 1. The van der Waals surface area contributed by atoms with Crippen molar-refractivity contribution in [2.45, 2.75) is 12.5 Å². The number of para-hydroxylation sites is 1. The van der Waals surface area contributed by atoms with E-state index in [-0.39, 0.29) is 16.5 Å². The quantitative estimate of drug-likeness (QED) is 0.524. The van der Waals surface area contributed by atoms with Gasteiger partial charge in [-0.15, -0.1) is 0 Å². The Kier molecular flexibility index (Phi) is 6.24. The van der Waals surface area contributed by atoms with Crippen molar-refractivity contribution < 1.29 is 23.4 Å². The fourth-order valence-electron chi connectivity index (χ4n) is 4.22. The normalized spacial score (nSPS) is 15.2. The van der Waals surface area contributed by atoms with E-state index >= 15 is 4.39 Å². The third-order valence-electron chi connectivity index (χ3n) is 5.75. The molecule has 0 saturated carbocycles. The van der Waals surface area contributed by atoms with Gasteiger partial charge in [0.25, 0.3) is 5.91 Å². The highest BCUT2D eigenvalue weighted by molar-refractivity contribution is 6.31. The molecule has 1 unspecified atom stereocenters. The second kappa shape index (κ2) is 9.09. The molecular weight excluding hydrogens is 433 g/mol. The topological polar surface area (TPSA) is 48.0 Å². The van der Waals surface area contributed by atoms with E-state index < -0.39 is 11.9 Å². The van der Waals surface area contributed by atoms with Crippen LogP contribution in [0.15, 0.2) is 54.6 Å². The highest BCUT2D eigenvalue weighted by atomic mass is 35.5. The maximum atomic E-state index is 15.1. The molecule has 1 aliphatic heterocycles. The van der Waals surface area contributed by atoms with E-state index in [4.69, 9.17) is 25.8 Å². The zero-order chi connectivity index (χ0) is 22.8. The number of rotatable bonds is 5. The number of ether oxygens (including phenoxy) is 3. The molecule has 4 rings (SSSR count). The van der Waals surface area contributed by atoms with Gasteiger partial charge in [0.1, 0.15) is 11.6 Å². The van der Waals surface area contributed by atoms with Crippen molar-refractivity contribution in [3.8, 4) is 17.2 Å². The van der Waals surface area contributed by atoms with Gasteiger partial charge in [0.15, 0.2) is 11.5 Å². The molecule has 3 aromatic rings. The van der Waals surface area contributed by atoms with Gasteiger partial charge in [-0.1, -0.05) is 29.8 Å². The van der Waals surface area contributed by atoms with Gasteiger partial charge in [-0.3, -0.25) is 4.79 Å². The Hall–Kier alpha value is -3.25. The molecule has 1 aliphatic rings. The van der Waals surface area contributed by atoms with E-state index in [0.717, 1.165) is 11.1 Å². The maximum Gasteiger partial charge on any atom is 0.258 e. The smallest absolute Gasteiger partial charge is 0.258 e. The summed E-state index contributed by atoms with van der Waals surface area (Å²) in [7, 11) is 4.62. The minimum absolute atomic E-state index is 0.241. The van der Waals surface area contributed by atoms with Crippen LogP contribution in [-0.4, -0.2) is 38.7 Å². The summed E-state index contributed by atoms with van der Waals surface area (Å²) in [5.41, 5.74) is 2.32. The largest absolute Gasteiger partial charge is 0.496 e. The molecule has 1 atom stereocenters. The van der Waals surface area contributed by atoms with Crippen molar-refractivity contribution in [1.82, 2.24) is 4.90 Å². The summed E-state index contributed by atoms with van der Waals surface area (Å²) in [4.78, 5) is 15.3. The van der Waals surface area contributed by atoms with Crippen LogP contribution in [0.25, 0.3) is 0 Å². The molecule has 7 heteroatoms. The van der Waals surface area contributed by atoms with Crippen LogP contribution in [0.1, 0.15) is 33.1 Å². The van der Waals surface area contributed by atoms with E-state index in [1.165, 1.54) is 20.3 Å². The number of amides is 1. The maximum absolute atomic E-state index is 15.1. The van der Waals surface area contributed by atoms with Crippen LogP contribution in [0.2, 0.25) is 5.02 Å². The Morgan fingerprint density at radius 3 is 2.34 bits per heavy atom. The van der Waals surface area contributed by atoms with Crippen LogP contribution in [0.4, 0.5) is 4.39 Å². The Balaban J connectivity index is 1.93. The third-order valence-corrected chi connectivity index (χ3v) is 6.07. The SMILES string of the molecule is COc1cc2c(cc1OC)C(c1c(F)cccc1Cl)N(C(=O)c1ccccc1OC)CC2. The van der Waals surface area contributed by atoms with Gasteiger partial charge in [-0.05, 0) is 53.9 Å². The summed E-state index contributed by atoms with van der Waals surface area (Å²) >= 11 is 6.48. The number of hydrogen-bond acceptors (Lipinski definition) is 4. The van der Waals surface area contributed by atoms with Crippen LogP contribution >= 0.6 is 11.6 Å². The Labute approximate surface area is 191 Å². The van der Waals surface area contributed by atoms with Crippen LogP contribution in [0.3, 0.4) is 0 Å². The van der Waals surface area contributed by atoms with Gasteiger partial charge < -0.3 is 19.1 Å². The minimum atomic E-state index is -0.746. The molecule has 5 nitrogen and oxygen atoms in total. The molecule has 0 fully saturated rings. The van der Waals surface area contributed by atoms with E-state index in [1.807, 2.05) is 6.07 Å². The van der Waals surface area contributed by atoms with Crippen molar-refractivity contribution >= 4 is 17.5 Å². The van der Waals surface area contributed by atoms with Gasteiger partial charge in [0.2, 0.25) is 0 Å². The van der Waals surface area contributed by atoms with Crippen molar-refractivity contribution in [2.24, 2.45) is 0 Å². The van der Waals surface area contributed by atoms with Gasteiger partial charge in [-0.25, -0.2) is 4.39 Å². The van der Waals surface area contributed by atoms with E-state index in [1.54, 1.807) is 54.5 Å². The lowest BCUT2D eigenvalue weighted by molar-refractivity contribution is 0.0688. The van der Waals surface area contributed by atoms with Crippen molar-refractivity contribution in [3.05, 3.63) is 87.7 Å². The molecule has 0 saturated heterocycles. The molecule has 0 aliphatic carbocycles. The summed E-state index contributed by atoms with van der Waals surface area (Å²) in [6.45, 7) is 0.370. The van der Waals surface area contributed by atoms with Gasteiger partial charge in [0, 0.05) is 17.1 Å². The van der Waals surface area contributed by atoms with Gasteiger partial charge in [-0.2, -0.15) is 0 Å². The molecule has 166 valence electrons. The molecule has 0 aromatic heterocycles. The molecule has 0 N–H and O–H groups in total. The molecule has 1 amide bonds. The van der Waals surface area contributed by atoms with E-state index in [9.17, 15) is 4.79 Å². The molecule has 32 heavy (non-hydrogen) atoms. The number of halogens is 2. The van der Waals surface area contributed by atoms with Gasteiger partial charge >= 0.3 is 0 Å². The Morgan fingerprint density at radius 2 is 1.66 bits per heavy atom. The third kappa shape index (κ3) is 3.75. The molecule has 0 bridgehead atoms. The summed E-state index contributed by atoms with van der Waals surface area (Å²) in [6, 6.07) is 14.4. The van der Waals surface area contributed by atoms with Crippen LogP contribution in [0, 0.1) is 5.82 Å². The lowest BCUT2D eigenvalue weighted by Gasteiger charge is -2.38. The summed E-state index contributed by atoms with van der Waals surface area (Å²) < 4.78 is 31.5. The minimum Gasteiger partial charge on any atom is -0.496 e. The molecule has 3 aromatic carbocycles. The van der Waals surface area contributed by atoms with Crippen LogP contribution < -0.4 is 14.2 Å². The first kappa shape index (κ1) is 22.0. The first-order chi connectivity index (χ1) is 15.5. The number of nitrogens with zero attached hydrogens (tertiary/aromatic N) is 1. The fraction of sp³-hybridized carbons (Fsp3) is 0.240. The van der Waals surface area contributed by atoms with Crippen LogP contribution in [0.5, 0.6) is 17.2 Å². The number of fused-ring (bicyclic) bond motifs is 1. The zero-order valence-corrected chi connectivity index (χ0v) is 18.8. The summed E-state index contributed by atoms with van der Waals surface area (Å²) in [5, 5.41) is 0.246. The first-order valence-electron chi connectivity index (χ1n) is 10.1. The van der Waals surface area contributed by atoms with Crippen molar-refractivity contribution in [2.75, 3.05) is 27.9 Å². The monoisotopic (exact) mass is 455 g/mol. The van der Waals surface area contributed by atoms with Crippen molar-refractivity contribution in [1.29, 1.82) is 0 Å². The van der Waals surface area contributed by atoms with E-state index in [0.29, 0.717) is 35.8 Å². The lowest BCUT2D eigenvalue weighted by atomic mass is 9.86. The summed E-state index contributed by atoms with van der Waals surface area (Å²) in [6.07, 6.45) is 0.569. The highest BCUT2D eigenvalue weighted by Crippen LogP contribution is 2.44. The van der Waals surface area contributed by atoms with Crippen molar-refractivity contribution in [3.63, 3.8) is 0 Å². The van der Waals surface area contributed by atoms with Gasteiger partial charge in [0.05, 0.1) is 32.9 Å². The summed E-state index contributed by atoms with van der Waals surface area (Å²) in [5.74, 6) is 0.772. The van der Waals surface area contributed by atoms with Crippen LogP contribution in [-0.2, 0) is 6.42 Å². The van der Waals surface area contributed by atoms with E-state index in [2.05, 4.69) is 0 Å². The second-order valence-corrected chi connectivity index (χ2v) is 7.80. The molecule has 1 heterocycles. The first-order valence-corrected chi connectivity index (χ1v) is 10.5. The zero-order valence-electron chi connectivity index (χ0n) is 18.0. The highest BCUT2D eigenvalue weighted by Gasteiger charge is 2.37. The fourth-order valence-corrected chi connectivity index (χ4v) is 4.49. The number of hydrogen-bond donors (Lipinski definition) is 0. The number of carbonyl (C=O) groups excluding carboxylic acids is 1. The molecule has 0 spiro atoms. The second-order valence-electron chi connectivity index (χ2n) is 7.39. The predicted molar refractivity (Wildman–Crippen MR) is 121 cm³/mol. The average Bonchev–Trinajstić information content (AvgIpc) is 2.82. The average molecular weight is 456 g/mol. The predicted octanol–water partition coefficient (Wildman–Crippen LogP) is 5.29. The molecule has 0 radical (unpaired) electrons. The number of methoxy groups -OCH3 is 3.